The molecule has 0 heterocycles. The molecule has 0 aliphatic heterocycles. The number of hydrogen-bond donors (Lipinski definition) is 2. The SMILES string of the molecule is C1=CC([CH-]C2C=CC3=C2CCCC3)C2=C1CCCC2.CCOc1ccc(NC(=S)Nc2ccc(OCC)cc2)cc1.C[Si](C)=[Zr]. The summed E-state index contributed by atoms with van der Waals surface area (Å²) in [6.07, 6.45) is 23.3. The zero-order valence-corrected chi connectivity index (χ0v) is 31.7. The molecular weight excluding hydrogens is 668 g/mol. The average molecular weight is 717 g/mol. The maximum atomic E-state index is 5.40. The van der Waals surface area contributed by atoms with Gasteiger partial charge < -0.3 is 26.5 Å². The number of hydrogen-bond acceptors (Lipinski definition) is 3. The van der Waals surface area contributed by atoms with Crippen LogP contribution in [0.4, 0.5) is 11.4 Å². The van der Waals surface area contributed by atoms with Crippen molar-refractivity contribution >= 4 is 34.1 Å². The van der Waals surface area contributed by atoms with Gasteiger partial charge in [-0.2, -0.15) is 0 Å². The van der Waals surface area contributed by atoms with E-state index in [1.165, 1.54) is 51.4 Å². The van der Waals surface area contributed by atoms with Gasteiger partial charge in [-0.25, -0.2) is 0 Å². The van der Waals surface area contributed by atoms with Crippen LogP contribution in [0, 0.1) is 18.3 Å². The number of anilines is 2. The van der Waals surface area contributed by atoms with E-state index in [-0.39, 0.29) is 5.43 Å². The fourth-order valence-electron chi connectivity index (χ4n) is 6.20. The zero-order valence-electron chi connectivity index (χ0n) is 27.5. The molecule has 2 atom stereocenters. The Balaban J connectivity index is 0.000000184. The third-order valence-electron chi connectivity index (χ3n) is 8.18. The van der Waals surface area contributed by atoms with E-state index in [2.05, 4.69) is 54.5 Å². The number of nitrogens with one attached hydrogen (secondary N) is 2. The number of ether oxygens (including phenoxy) is 2. The fourth-order valence-corrected chi connectivity index (χ4v) is 6.43. The molecule has 7 heteroatoms. The molecule has 2 unspecified atom stereocenters. The topological polar surface area (TPSA) is 42.5 Å². The van der Waals surface area contributed by atoms with Gasteiger partial charge in [-0.1, -0.05) is 34.4 Å². The quantitative estimate of drug-likeness (QED) is 0.162. The van der Waals surface area contributed by atoms with Crippen LogP contribution in [0.15, 0.2) is 95.1 Å². The molecule has 0 bridgehead atoms. The molecule has 2 aromatic carbocycles. The summed E-state index contributed by atoms with van der Waals surface area (Å²) in [4.78, 5) is 0. The van der Waals surface area contributed by atoms with Gasteiger partial charge in [0.05, 0.1) is 13.2 Å². The number of benzene rings is 2. The Kier molecular flexibility index (Phi) is 14.9. The standard InChI is InChI=1S/C19H23.C17H20N2O2S.C2H6Si.Zr/c1-3-7-18-14(5-1)9-11-16(18)13-17-12-10-15-6-2-4-8-19(15)17;1-3-20-15-9-5-13(6-10-15)18-17(22)19-14-7-11-16(12-8-14)21-4-2;1-3-2;/h9-13,16-17H,1-8H2;5-12H,3-4H2,1-2H3,(H2,18,19,22);1-2H3;/q-1;;;. The molecule has 4 aliphatic carbocycles. The molecule has 6 rings (SSSR count). The van der Waals surface area contributed by atoms with Crippen LogP contribution in [0.3, 0.4) is 0 Å². The van der Waals surface area contributed by atoms with Crippen LogP contribution in [0.1, 0.15) is 65.2 Å². The number of thiocarbonyl (C=S) groups is 1. The van der Waals surface area contributed by atoms with Crippen molar-refractivity contribution < 1.29 is 32.8 Å². The molecular formula is C38H49N2O2SSiZr-. The van der Waals surface area contributed by atoms with Gasteiger partial charge in [-0.05, 0) is 126 Å². The van der Waals surface area contributed by atoms with Crippen molar-refractivity contribution in [2.24, 2.45) is 11.8 Å². The van der Waals surface area contributed by atoms with Crippen molar-refractivity contribution in [3.63, 3.8) is 0 Å². The van der Waals surface area contributed by atoms with E-state index in [1.54, 1.807) is 45.6 Å². The Hall–Kier alpha value is -2.21. The van der Waals surface area contributed by atoms with Gasteiger partial charge in [0.2, 0.25) is 0 Å². The maximum absolute atomic E-state index is 5.40. The molecule has 4 aliphatic rings. The van der Waals surface area contributed by atoms with E-state index in [1.807, 2.05) is 62.4 Å². The Morgan fingerprint density at radius 2 is 1.11 bits per heavy atom. The van der Waals surface area contributed by atoms with Crippen molar-refractivity contribution in [3.05, 3.63) is 102 Å². The van der Waals surface area contributed by atoms with Gasteiger partial charge >= 0.3 is 41.9 Å². The molecule has 0 aromatic heterocycles. The molecule has 0 saturated heterocycles. The van der Waals surface area contributed by atoms with Crippen LogP contribution < -0.4 is 20.1 Å². The third-order valence-corrected chi connectivity index (χ3v) is 8.39. The fraction of sp³-hybridized carbons (Fsp3) is 0.421. The van der Waals surface area contributed by atoms with E-state index in [4.69, 9.17) is 21.7 Å². The first-order chi connectivity index (χ1) is 21.9. The number of allylic oxidation sites excluding steroid dienone is 8. The third kappa shape index (κ3) is 11.5. The minimum atomic E-state index is 0.210. The van der Waals surface area contributed by atoms with Crippen LogP contribution in [-0.4, -0.2) is 23.8 Å². The van der Waals surface area contributed by atoms with E-state index < -0.39 is 0 Å². The van der Waals surface area contributed by atoms with Gasteiger partial charge in [-0.15, -0.1) is 24.0 Å². The summed E-state index contributed by atoms with van der Waals surface area (Å²) < 4.78 is 10.8. The summed E-state index contributed by atoms with van der Waals surface area (Å²) in [7, 11) is 0. The Bertz CT molecular complexity index is 1310. The van der Waals surface area contributed by atoms with Crippen molar-refractivity contribution in [1.82, 2.24) is 0 Å². The van der Waals surface area contributed by atoms with E-state index in [0.29, 0.717) is 30.2 Å². The average Bonchev–Trinajstić information content (AvgIpc) is 3.64. The molecule has 0 saturated carbocycles. The first kappa shape index (κ1) is 35.6. The van der Waals surface area contributed by atoms with Gasteiger partial charge in [0.25, 0.3) is 0 Å². The molecule has 4 nitrogen and oxygen atoms in total. The van der Waals surface area contributed by atoms with Crippen LogP contribution in [0.2, 0.25) is 13.1 Å². The van der Waals surface area contributed by atoms with Crippen molar-refractivity contribution in [1.29, 1.82) is 0 Å². The van der Waals surface area contributed by atoms with Crippen LogP contribution in [0.25, 0.3) is 0 Å². The second-order valence-electron chi connectivity index (χ2n) is 12.0. The molecule has 2 aromatic rings. The first-order valence-electron chi connectivity index (χ1n) is 16.6. The number of rotatable bonds is 8. The monoisotopic (exact) mass is 715 g/mol. The van der Waals surface area contributed by atoms with Crippen LogP contribution >= 0.6 is 12.2 Å². The van der Waals surface area contributed by atoms with Crippen LogP contribution in [-0.2, 0) is 23.3 Å². The minimum absolute atomic E-state index is 0.210. The van der Waals surface area contributed by atoms with E-state index >= 15 is 0 Å². The molecule has 45 heavy (non-hydrogen) atoms. The summed E-state index contributed by atoms with van der Waals surface area (Å²) in [5, 5.41) is 6.80. The zero-order chi connectivity index (χ0) is 32.0. The molecule has 0 radical (unpaired) electrons. The summed E-state index contributed by atoms with van der Waals surface area (Å²) in [5.41, 5.74) is 8.83. The molecule has 0 spiro atoms. The molecule has 2 N–H and O–H groups in total. The van der Waals surface area contributed by atoms with Gasteiger partial charge in [-0.3, -0.25) is 0 Å². The summed E-state index contributed by atoms with van der Waals surface area (Å²) >= 11 is 7.04. The molecule has 238 valence electrons. The van der Waals surface area contributed by atoms with Gasteiger partial charge in [0.1, 0.15) is 11.5 Å². The Morgan fingerprint density at radius 1 is 0.733 bits per heavy atom. The Labute approximate surface area is 292 Å². The molecule has 0 amide bonds. The summed E-state index contributed by atoms with van der Waals surface area (Å²) in [6, 6.07) is 15.3. The summed E-state index contributed by atoms with van der Waals surface area (Å²) in [6.45, 7) is 9.85. The predicted molar refractivity (Wildman–Crippen MR) is 193 cm³/mol. The normalized spacial score (nSPS) is 19.4. The Morgan fingerprint density at radius 3 is 1.49 bits per heavy atom. The van der Waals surface area contributed by atoms with Crippen molar-refractivity contribution in [2.75, 3.05) is 23.8 Å². The second-order valence-corrected chi connectivity index (χ2v) is 21.8. The second kappa shape index (κ2) is 18.8. The summed E-state index contributed by atoms with van der Waals surface area (Å²) in [5.74, 6) is 2.97. The molecule has 0 fully saturated rings. The van der Waals surface area contributed by atoms with Crippen LogP contribution in [0.5, 0.6) is 11.5 Å². The van der Waals surface area contributed by atoms with Crippen molar-refractivity contribution in [3.8, 4) is 11.5 Å². The van der Waals surface area contributed by atoms with E-state index in [0.717, 1.165) is 22.9 Å². The predicted octanol–water partition coefficient (Wildman–Crippen LogP) is 10.4. The van der Waals surface area contributed by atoms with Gasteiger partial charge in [0, 0.05) is 11.4 Å². The van der Waals surface area contributed by atoms with Crippen molar-refractivity contribution in [2.45, 2.75) is 78.3 Å². The first-order valence-corrected chi connectivity index (χ1v) is 23.2. The van der Waals surface area contributed by atoms with Gasteiger partial charge in [0.15, 0.2) is 5.11 Å². The van der Waals surface area contributed by atoms with E-state index in [9.17, 15) is 0 Å².